The first-order chi connectivity index (χ1) is 8.04. The largest absolute Gasteiger partial charge is 0.504 e. The van der Waals surface area contributed by atoms with Crippen molar-refractivity contribution in [2.45, 2.75) is 13.8 Å². The number of aromatic hydroxyl groups is 1. The number of aryl methyl sites for hydroxylation is 1. The Bertz CT molecular complexity index is 561. The Balaban J connectivity index is 2.71. The van der Waals surface area contributed by atoms with Crippen LogP contribution in [0.15, 0.2) is 16.7 Å². The lowest BCUT2D eigenvalue weighted by Gasteiger charge is -2.12. The van der Waals surface area contributed by atoms with Gasteiger partial charge in [0, 0.05) is 6.07 Å². The van der Waals surface area contributed by atoms with E-state index >= 15 is 0 Å². The van der Waals surface area contributed by atoms with Crippen LogP contribution in [-0.4, -0.2) is 17.4 Å². The van der Waals surface area contributed by atoms with Crippen LogP contribution in [0.2, 0.25) is 0 Å². The number of hydrogen-bond acceptors (Lipinski definition) is 5. The van der Waals surface area contributed by atoms with Gasteiger partial charge in [0.15, 0.2) is 23.1 Å². The van der Waals surface area contributed by atoms with E-state index in [2.05, 4.69) is 5.16 Å². The molecule has 1 aromatic heterocycles. The number of hydrogen-bond donors (Lipinski definition) is 2. The molecule has 0 aliphatic carbocycles. The van der Waals surface area contributed by atoms with Gasteiger partial charge in [-0.05, 0) is 31.0 Å². The molecule has 2 aromatic rings. The molecule has 0 radical (unpaired) electrons. The molecule has 0 bridgehead atoms. The third kappa shape index (κ3) is 1.80. The normalized spacial score (nSPS) is 10.5. The van der Waals surface area contributed by atoms with Crippen LogP contribution in [0.4, 0.5) is 5.82 Å². The van der Waals surface area contributed by atoms with E-state index in [0.29, 0.717) is 17.1 Å². The monoisotopic (exact) mass is 234 g/mol. The Labute approximate surface area is 98.8 Å². The SMILES string of the molecule is COc1cc(C)c(C)c(-c2cc(N)no2)c1O. The quantitative estimate of drug-likeness (QED) is 0.832. The van der Waals surface area contributed by atoms with Gasteiger partial charge < -0.3 is 20.1 Å². The van der Waals surface area contributed by atoms with E-state index in [1.54, 1.807) is 12.1 Å². The fraction of sp³-hybridized carbons (Fsp3) is 0.250. The van der Waals surface area contributed by atoms with Gasteiger partial charge in [-0.25, -0.2) is 0 Å². The first kappa shape index (κ1) is 11.3. The van der Waals surface area contributed by atoms with Gasteiger partial charge in [0.05, 0.1) is 12.7 Å². The molecule has 2 rings (SSSR count). The van der Waals surface area contributed by atoms with Crippen molar-refractivity contribution in [2.75, 3.05) is 12.8 Å². The molecule has 0 atom stereocenters. The number of ether oxygens (including phenoxy) is 1. The number of anilines is 1. The van der Waals surface area contributed by atoms with Gasteiger partial charge in [-0.2, -0.15) is 0 Å². The Morgan fingerprint density at radius 1 is 1.35 bits per heavy atom. The number of nitrogens with two attached hydrogens (primary N) is 1. The highest BCUT2D eigenvalue weighted by Crippen LogP contribution is 2.41. The van der Waals surface area contributed by atoms with Gasteiger partial charge in [-0.3, -0.25) is 0 Å². The van der Waals surface area contributed by atoms with Crippen LogP contribution >= 0.6 is 0 Å². The lowest BCUT2D eigenvalue weighted by atomic mass is 9.99. The molecular formula is C12H14N2O3. The molecule has 0 saturated carbocycles. The van der Waals surface area contributed by atoms with Crippen molar-refractivity contribution >= 4 is 5.82 Å². The van der Waals surface area contributed by atoms with Crippen molar-refractivity contribution in [1.82, 2.24) is 5.16 Å². The Morgan fingerprint density at radius 3 is 2.59 bits per heavy atom. The van der Waals surface area contributed by atoms with Gasteiger partial charge >= 0.3 is 0 Å². The molecule has 5 heteroatoms. The minimum Gasteiger partial charge on any atom is -0.504 e. The van der Waals surface area contributed by atoms with E-state index < -0.39 is 0 Å². The molecule has 0 fully saturated rings. The topological polar surface area (TPSA) is 81.5 Å². The summed E-state index contributed by atoms with van der Waals surface area (Å²) in [6.45, 7) is 3.82. The summed E-state index contributed by atoms with van der Waals surface area (Å²) in [6.07, 6.45) is 0. The summed E-state index contributed by atoms with van der Waals surface area (Å²) in [5, 5.41) is 13.7. The molecule has 90 valence electrons. The molecule has 5 nitrogen and oxygen atoms in total. The molecule has 3 N–H and O–H groups in total. The van der Waals surface area contributed by atoms with Crippen molar-refractivity contribution in [3.8, 4) is 22.8 Å². The van der Waals surface area contributed by atoms with Crippen LogP contribution in [0.25, 0.3) is 11.3 Å². The standard InChI is InChI=1S/C12H14N2O3/c1-6-4-9(16-3)12(15)11(7(6)2)8-5-10(13)14-17-8/h4-5,15H,1-3H3,(H2,13,14). The highest BCUT2D eigenvalue weighted by atomic mass is 16.5. The van der Waals surface area contributed by atoms with Gasteiger partial charge in [0.25, 0.3) is 0 Å². The number of nitrogen functional groups attached to an aromatic ring is 1. The second-order valence-corrected chi connectivity index (χ2v) is 3.86. The summed E-state index contributed by atoms with van der Waals surface area (Å²) in [5.41, 5.74) is 7.96. The first-order valence-electron chi connectivity index (χ1n) is 5.14. The van der Waals surface area contributed by atoms with Crippen molar-refractivity contribution in [1.29, 1.82) is 0 Å². The zero-order valence-corrected chi connectivity index (χ0v) is 9.94. The van der Waals surface area contributed by atoms with E-state index in [4.69, 9.17) is 15.0 Å². The minimum absolute atomic E-state index is 0.0340. The summed E-state index contributed by atoms with van der Waals surface area (Å²) in [4.78, 5) is 0. The summed E-state index contributed by atoms with van der Waals surface area (Å²) >= 11 is 0. The molecule has 0 saturated heterocycles. The maximum absolute atomic E-state index is 10.1. The van der Waals surface area contributed by atoms with E-state index in [-0.39, 0.29) is 11.6 Å². The molecule has 1 heterocycles. The molecule has 0 aliphatic rings. The molecule has 0 unspecified atom stereocenters. The van der Waals surface area contributed by atoms with Crippen LogP contribution in [0.1, 0.15) is 11.1 Å². The fourth-order valence-electron chi connectivity index (χ4n) is 1.74. The van der Waals surface area contributed by atoms with Crippen LogP contribution in [0.3, 0.4) is 0 Å². The smallest absolute Gasteiger partial charge is 0.173 e. The Hall–Kier alpha value is -2.17. The number of benzene rings is 1. The van der Waals surface area contributed by atoms with Crippen LogP contribution in [0, 0.1) is 13.8 Å². The predicted octanol–water partition coefficient (Wildman–Crippen LogP) is 2.25. The Morgan fingerprint density at radius 2 is 2.06 bits per heavy atom. The van der Waals surface area contributed by atoms with E-state index in [1.807, 2.05) is 13.8 Å². The fourth-order valence-corrected chi connectivity index (χ4v) is 1.74. The van der Waals surface area contributed by atoms with Crippen molar-refractivity contribution < 1.29 is 14.4 Å². The molecule has 17 heavy (non-hydrogen) atoms. The predicted molar refractivity (Wildman–Crippen MR) is 64.0 cm³/mol. The number of aromatic nitrogens is 1. The van der Waals surface area contributed by atoms with Crippen molar-refractivity contribution in [3.05, 3.63) is 23.3 Å². The lowest BCUT2D eigenvalue weighted by Crippen LogP contribution is -1.92. The number of rotatable bonds is 2. The van der Waals surface area contributed by atoms with Crippen molar-refractivity contribution in [2.24, 2.45) is 0 Å². The second-order valence-electron chi connectivity index (χ2n) is 3.86. The lowest BCUT2D eigenvalue weighted by molar-refractivity contribution is 0.371. The zero-order chi connectivity index (χ0) is 12.6. The van der Waals surface area contributed by atoms with Crippen LogP contribution in [-0.2, 0) is 0 Å². The number of phenolic OH excluding ortho intramolecular Hbond substituents is 1. The first-order valence-corrected chi connectivity index (χ1v) is 5.14. The summed E-state index contributed by atoms with van der Waals surface area (Å²) in [5.74, 6) is 1.14. The van der Waals surface area contributed by atoms with Crippen LogP contribution in [0.5, 0.6) is 11.5 Å². The van der Waals surface area contributed by atoms with Gasteiger partial charge in [-0.15, -0.1) is 0 Å². The third-order valence-electron chi connectivity index (χ3n) is 2.78. The molecular weight excluding hydrogens is 220 g/mol. The molecule has 0 spiro atoms. The summed E-state index contributed by atoms with van der Waals surface area (Å²) in [6, 6.07) is 3.34. The average molecular weight is 234 g/mol. The summed E-state index contributed by atoms with van der Waals surface area (Å²) < 4.78 is 10.2. The van der Waals surface area contributed by atoms with E-state index in [0.717, 1.165) is 11.1 Å². The average Bonchev–Trinajstić information content (AvgIpc) is 2.70. The van der Waals surface area contributed by atoms with Crippen molar-refractivity contribution in [3.63, 3.8) is 0 Å². The molecule has 0 amide bonds. The van der Waals surface area contributed by atoms with Gasteiger partial charge in [0.2, 0.25) is 0 Å². The molecule has 0 aliphatic heterocycles. The number of nitrogens with zero attached hydrogens (tertiary/aromatic N) is 1. The van der Waals surface area contributed by atoms with Crippen LogP contribution < -0.4 is 10.5 Å². The van der Waals surface area contributed by atoms with Gasteiger partial charge in [-0.1, -0.05) is 5.16 Å². The summed E-state index contributed by atoms with van der Waals surface area (Å²) in [7, 11) is 1.50. The second kappa shape index (κ2) is 4.01. The maximum atomic E-state index is 10.1. The number of methoxy groups -OCH3 is 1. The zero-order valence-electron chi connectivity index (χ0n) is 9.94. The maximum Gasteiger partial charge on any atom is 0.173 e. The van der Waals surface area contributed by atoms with Gasteiger partial charge in [0.1, 0.15) is 0 Å². The minimum atomic E-state index is 0.0340. The third-order valence-corrected chi connectivity index (χ3v) is 2.78. The Kier molecular flexibility index (Phi) is 2.67. The highest BCUT2D eigenvalue weighted by molar-refractivity contribution is 5.75. The highest BCUT2D eigenvalue weighted by Gasteiger charge is 2.18. The number of phenols is 1. The van der Waals surface area contributed by atoms with E-state index in [1.165, 1.54) is 7.11 Å². The molecule has 1 aromatic carbocycles. The van der Waals surface area contributed by atoms with E-state index in [9.17, 15) is 5.11 Å².